The Balaban J connectivity index is 0.000000406. The van der Waals surface area contributed by atoms with Gasteiger partial charge in [-0.15, -0.1) is 0 Å². The van der Waals surface area contributed by atoms with E-state index in [1.165, 1.54) is 82.6 Å². The van der Waals surface area contributed by atoms with Crippen molar-refractivity contribution < 1.29 is 10.2 Å². The number of aliphatic hydroxyl groups excluding tert-OH is 2. The van der Waals surface area contributed by atoms with Crippen LogP contribution in [-0.2, 0) is 0 Å². The highest BCUT2D eigenvalue weighted by molar-refractivity contribution is 5.03. The number of aliphatic hydroxyl groups is 2. The van der Waals surface area contributed by atoms with Crippen LogP contribution in [0.5, 0.6) is 0 Å². The Hall–Kier alpha value is -0.340. The Bertz CT molecular complexity index is 385. The number of hydrogen-bond donors (Lipinski definition) is 2. The van der Waals surface area contributed by atoms with Gasteiger partial charge >= 0.3 is 0 Å². The van der Waals surface area contributed by atoms with E-state index < -0.39 is 0 Å². The first-order chi connectivity index (χ1) is 13.5. The summed E-state index contributed by atoms with van der Waals surface area (Å²) in [5.41, 5.74) is 1.52. The summed E-state index contributed by atoms with van der Waals surface area (Å²) in [6, 6.07) is 0. The molecule has 0 aromatic rings. The predicted molar refractivity (Wildman–Crippen MR) is 122 cm³/mol. The van der Waals surface area contributed by atoms with E-state index in [0.29, 0.717) is 31.0 Å². The van der Waals surface area contributed by atoms with E-state index in [1.807, 2.05) is 0 Å². The van der Waals surface area contributed by atoms with E-state index in [2.05, 4.69) is 33.8 Å². The predicted octanol–water partition coefficient (Wildman–Crippen LogP) is 7.14. The lowest BCUT2D eigenvalue weighted by Gasteiger charge is -2.28. The summed E-state index contributed by atoms with van der Waals surface area (Å²) in [5.74, 6) is 3.71. The molecule has 1 fully saturated rings. The van der Waals surface area contributed by atoms with Crippen LogP contribution in [0, 0.1) is 29.6 Å². The summed E-state index contributed by atoms with van der Waals surface area (Å²) < 4.78 is 0. The van der Waals surface area contributed by atoms with Crippen molar-refractivity contribution in [2.45, 2.75) is 111 Å². The minimum Gasteiger partial charge on any atom is -0.396 e. The molecule has 0 aromatic carbocycles. The summed E-state index contributed by atoms with van der Waals surface area (Å²) in [5, 5.41) is 18.6. The molecule has 2 heteroatoms. The molecule has 0 aliphatic heterocycles. The maximum atomic E-state index is 9.60. The summed E-state index contributed by atoms with van der Waals surface area (Å²) in [4.78, 5) is 0. The molecule has 166 valence electrons. The standard InChI is InChI=1S/C18H34O2.C8H16/c1-15-9-11-17(12-10-15)18(14-20)8-6-4-3-5-7-16(2)13-19;1-7-3-5-8(2)6-4-7/h9,16-20H,3-8,10-14H2,1-2H3;7-8H,3-6H2,1-2H3. The molecule has 1 saturated carbocycles. The van der Waals surface area contributed by atoms with Crippen molar-refractivity contribution in [1.82, 2.24) is 0 Å². The fraction of sp³-hybridized carbons (Fsp3) is 0.923. The molecule has 2 aliphatic carbocycles. The Morgan fingerprint density at radius 1 is 0.857 bits per heavy atom. The molecule has 28 heavy (non-hydrogen) atoms. The van der Waals surface area contributed by atoms with Crippen LogP contribution in [0.3, 0.4) is 0 Å². The van der Waals surface area contributed by atoms with Crippen LogP contribution >= 0.6 is 0 Å². The van der Waals surface area contributed by atoms with E-state index in [-0.39, 0.29) is 0 Å². The van der Waals surface area contributed by atoms with Gasteiger partial charge in [0.25, 0.3) is 0 Å². The van der Waals surface area contributed by atoms with Crippen molar-refractivity contribution in [3.8, 4) is 0 Å². The first-order valence-electron chi connectivity index (χ1n) is 12.3. The van der Waals surface area contributed by atoms with Gasteiger partial charge < -0.3 is 10.2 Å². The van der Waals surface area contributed by atoms with E-state index >= 15 is 0 Å². The Kier molecular flexibility index (Phi) is 14.2. The molecule has 2 N–H and O–H groups in total. The highest BCUT2D eigenvalue weighted by Gasteiger charge is 2.21. The first kappa shape index (κ1) is 25.7. The second-order valence-corrected chi connectivity index (χ2v) is 10.2. The van der Waals surface area contributed by atoms with Crippen molar-refractivity contribution in [3.05, 3.63) is 11.6 Å². The molecule has 0 bridgehead atoms. The summed E-state index contributed by atoms with van der Waals surface area (Å²) in [6.07, 6.45) is 19.3. The Morgan fingerprint density at radius 2 is 1.43 bits per heavy atom. The SMILES string of the molecule is CC1=CCC(C(CO)CCCCCCC(C)CO)CC1.CC1CCC(C)CC1. The number of rotatable bonds is 10. The Labute approximate surface area is 176 Å². The zero-order valence-electron chi connectivity index (χ0n) is 19.5. The molecular formula is C26H50O2. The van der Waals surface area contributed by atoms with Crippen molar-refractivity contribution in [1.29, 1.82) is 0 Å². The second kappa shape index (κ2) is 15.5. The van der Waals surface area contributed by atoms with Crippen LogP contribution in [0.2, 0.25) is 0 Å². The third kappa shape index (κ3) is 11.6. The lowest BCUT2D eigenvalue weighted by atomic mass is 9.79. The molecule has 2 rings (SSSR count). The molecule has 2 aliphatic rings. The van der Waals surface area contributed by atoms with Gasteiger partial charge in [0.05, 0.1) is 0 Å². The third-order valence-electron chi connectivity index (χ3n) is 7.22. The molecule has 0 saturated heterocycles. The van der Waals surface area contributed by atoms with Crippen LogP contribution in [0.25, 0.3) is 0 Å². The minimum atomic E-state index is 0.321. The normalized spacial score (nSPS) is 27.4. The van der Waals surface area contributed by atoms with Gasteiger partial charge in [0.15, 0.2) is 0 Å². The number of allylic oxidation sites excluding steroid dienone is 2. The zero-order valence-corrected chi connectivity index (χ0v) is 19.5. The van der Waals surface area contributed by atoms with Gasteiger partial charge in [-0.3, -0.25) is 0 Å². The fourth-order valence-corrected chi connectivity index (χ4v) is 4.66. The molecule has 3 unspecified atom stereocenters. The van der Waals surface area contributed by atoms with Crippen molar-refractivity contribution in [2.24, 2.45) is 29.6 Å². The van der Waals surface area contributed by atoms with E-state index in [1.54, 1.807) is 0 Å². The molecule has 0 amide bonds. The summed E-state index contributed by atoms with van der Waals surface area (Å²) >= 11 is 0. The van der Waals surface area contributed by atoms with Crippen molar-refractivity contribution >= 4 is 0 Å². The highest BCUT2D eigenvalue weighted by atomic mass is 16.3. The van der Waals surface area contributed by atoms with E-state index in [4.69, 9.17) is 5.11 Å². The highest BCUT2D eigenvalue weighted by Crippen LogP contribution is 2.32. The molecular weight excluding hydrogens is 344 g/mol. The lowest BCUT2D eigenvalue weighted by Crippen LogP contribution is -2.20. The fourth-order valence-electron chi connectivity index (χ4n) is 4.66. The average molecular weight is 395 g/mol. The summed E-state index contributed by atoms with van der Waals surface area (Å²) in [6.45, 7) is 9.75. The maximum Gasteiger partial charge on any atom is 0.0462 e. The van der Waals surface area contributed by atoms with Crippen LogP contribution in [0.1, 0.15) is 111 Å². The first-order valence-corrected chi connectivity index (χ1v) is 12.3. The number of hydrogen-bond acceptors (Lipinski definition) is 2. The molecule has 0 radical (unpaired) electrons. The van der Waals surface area contributed by atoms with Gasteiger partial charge in [-0.05, 0) is 68.6 Å². The summed E-state index contributed by atoms with van der Waals surface area (Å²) in [7, 11) is 0. The van der Waals surface area contributed by atoms with Crippen molar-refractivity contribution in [3.63, 3.8) is 0 Å². The topological polar surface area (TPSA) is 40.5 Å². The molecule has 3 atom stereocenters. The second-order valence-electron chi connectivity index (χ2n) is 10.2. The quantitative estimate of drug-likeness (QED) is 0.305. The third-order valence-corrected chi connectivity index (χ3v) is 7.22. The molecule has 0 spiro atoms. The van der Waals surface area contributed by atoms with Gasteiger partial charge in [0, 0.05) is 13.2 Å². The Morgan fingerprint density at radius 3 is 1.89 bits per heavy atom. The van der Waals surface area contributed by atoms with Crippen LogP contribution in [-0.4, -0.2) is 23.4 Å². The zero-order chi connectivity index (χ0) is 20.8. The average Bonchev–Trinajstić information content (AvgIpc) is 2.71. The van der Waals surface area contributed by atoms with Gasteiger partial charge in [-0.25, -0.2) is 0 Å². The van der Waals surface area contributed by atoms with E-state index in [9.17, 15) is 5.11 Å². The van der Waals surface area contributed by atoms with Crippen LogP contribution in [0.15, 0.2) is 11.6 Å². The van der Waals surface area contributed by atoms with Gasteiger partial charge in [0.2, 0.25) is 0 Å². The van der Waals surface area contributed by atoms with Gasteiger partial charge in [-0.2, -0.15) is 0 Å². The van der Waals surface area contributed by atoms with E-state index in [0.717, 1.165) is 18.3 Å². The van der Waals surface area contributed by atoms with Crippen molar-refractivity contribution in [2.75, 3.05) is 13.2 Å². The van der Waals surface area contributed by atoms with Crippen LogP contribution < -0.4 is 0 Å². The number of unbranched alkanes of at least 4 members (excludes halogenated alkanes) is 3. The maximum absolute atomic E-state index is 9.60. The monoisotopic (exact) mass is 394 g/mol. The molecule has 0 heterocycles. The molecule has 2 nitrogen and oxygen atoms in total. The minimum absolute atomic E-state index is 0.321. The smallest absolute Gasteiger partial charge is 0.0462 e. The van der Waals surface area contributed by atoms with Gasteiger partial charge in [-0.1, -0.05) is 83.8 Å². The largest absolute Gasteiger partial charge is 0.396 e. The van der Waals surface area contributed by atoms with Crippen LogP contribution in [0.4, 0.5) is 0 Å². The lowest BCUT2D eigenvalue weighted by molar-refractivity contribution is 0.155. The van der Waals surface area contributed by atoms with Gasteiger partial charge in [0.1, 0.15) is 0 Å². The molecule has 0 aromatic heterocycles.